The number of thiocarbonyl (C=S) groups is 1. The van der Waals surface area contributed by atoms with E-state index in [1.54, 1.807) is 23.5 Å². The van der Waals surface area contributed by atoms with Crippen molar-refractivity contribution < 1.29 is 4.39 Å². The van der Waals surface area contributed by atoms with Crippen molar-refractivity contribution in [1.82, 2.24) is 4.90 Å². The van der Waals surface area contributed by atoms with E-state index < -0.39 is 0 Å². The van der Waals surface area contributed by atoms with Crippen molar-refractivity contribution >= 4 is 45.7 Å². The fraction of sp³-hybridized carbons (Fsp3) is 0.167. The molecule has 0 fully saturated rings. The predicted octanol–water partition coefficient (Wildman–Crippen LogP) is 5.29. The van der Waals surface area contributed by atoms with Crippen molar-refractivity contribution in [3.63, 3.8) is 0 Å². The van der Waals surface area contributed by atoms with E-state index in [0.29, 0.717) is 5.11 Å². The maximum absolute atomic E-state index is 13.1. The van der Waals surface area contributed by atoms with E-state index in [-0.39, 0.29) is 11.9 Å². The number of hydrogen-bond donors (Lipinski definition) is 1. The standard InChI is InChI=1S/C18H15FN2S3/c19-12-3-5-13(6-4-12)20-18(22)21-9-7-15-14(8-11-24-15)17(21)16-2-1-10-23-16/h1-6,8,10-11,17H,7,9H2,(H,20,22)/t17-/m0/s1. The number of rotatable bonds is 2. The van der Waals surface area contributed by atoms with Crippen LogP contribution in [0.3, 0.4) is 0 Å². The van der Waals surface area contributed by atoms with E-state index in [9.17, 15) is 4.39 Å². The monoisotopic (exact) mass is 374 g/mol. The number of halogens is 1. The van der Waals surface area contributed by atoms with E-state index in [1.807, 2.05) is 11.3 Å². The lowest BCUT2D eigenvalue weighted by molar-refractivity contribution is 0.351. The zero-order valence-electron chi connectivity index (χ0n) is 12.7. The topological polar surface area (TPSA) is 15.3 Å². The molecule has 1 N–H and O–H groups in total. The zero-order valence-corrected chi connectivity index (χ0v) is 15.2. The molecule has 1 aliphatic rings. The van der Waals surface area contributed by atoms with Crippen LogP contribution in [0.25, 0.3) is 0 Å². The summed E-state index contributed by atoms with van der Waals surface area (Å²) in [6, 6.07) is 12.9. The molecule has 3 aromatic rings. The third kappa shape index (κ3) is 2.97. The van der Waals surface area contributed by atoms with Crippen LogP contribution in [-0.4, -0.2) is 16.6 Å². The van der Waals surface area contributed by atoms with Gasteiger partial charge in [-0.2, -0.15) is 0 Å². The number of benzene rings is 1. The van der Waals surface area contributed by atoms with Gasteiger partial charge in [-0.3, -0.25) is 0 Å². The molecule has 2 nitrogen and oxygen atoms in total. The fourth-order valence-electron chi connectivity index (χ4n) is 3.02. The highest BCUT2D eigenvalue weighted by Gasteiger charge is 2.31. The highest BCUT2D eigenvalue weighted by Crippen LogP contribution is 2.39. The van der Waals surface area contributed by atoms with Crippen LogP contribution < -0.4 is 5.32 Å². The first kappa shape index (κ1) is 15.7. The summed E-state index contributed by atoms with van der Waals surface area (Å²) in [6.07, 6.45) is 1.00. The van der Waals surface area contributed by atoms with Crippen LogP contribution in [0.4, 0.5) is 10.1 Å². The lowest BCUT2D eigenvalue weighted by atomic mass is 9.99. The van der Waals surface area contributed by atoms with E-state index in [1.165, 1.54) is 27.5 Å². The molecule has 4 rings (SSSR count). The second kappa shape index (κ2) is 6.63. The molecule has 0 radical (unpaired) electrons. The molecule has 6 heteroatoms. The molecule has 0 saturated heterocycles. The molecule has 1 aromatic carbocycles. The Morgan fingerprint density at radius 2 is 1.96 bits per heavy atom. The minimum absolute atomic E-state index is 0.153. The molecule has 0 spiro atoms. The lowest BCUT2D eigenvalue weighted by Crippen LogP contribution is -2.42. The van der Waals surface area contributed by atoms with Crippen LogP contribution in [0.5, 0.6) is 0 Å². The Kier molecular flexibility index (Phi) is 4.35. The van der Waals surface area contributed by atoms with E-state index in [0.717, 1.165) is 18.7 Å². The minimum atomic E-state index is -0.246. The first-order valence-electron chi connectivity index (χ1n) is 7.65. The maximum Gasteiger partial charge on any atom is 0.174 e. The molecule has 122 valence electrons. The molecule has 3 heterocycles. The average molecular weight is 375 g/mol. The van der Waals surface area contributed by atoms with Crippen LogP contribution in [0.2, 0.25) is 0 Å². The molecule has 1 atom stereocenters. The summed E-state index contributed by atoms with van der Waals surface area (Å²) >= 11 is 9.24. The summed E-state index contributed by atoms with van der Waals surface area (Å²) in [7, 11) is 0. The summed E-state index contributed by atoms with van der Waals surface area (Å²) in [5.74, 6) is -0.246. The van der Waals surface area contributed by atoms with Gasteiger partial charge in [-0.05, 0) is 71.4 Å². The Labute approximate surface area is 153 Å². The van der Waals surface area contributed by atoms with Gasteiger partial charge in [-0.25, -0.2) is 4.39 Å². The summed E-state index contributed by atoms with van der Waals surface area (Å²) in [6.45, 7) is 0.878. The van der Waals surface area contributed by atoms with Gasteiger partial charge >= 0.3 is 0 Å². The summed E-state index contributed by atoms with van der Waals surface area (Å²) in [4.78, 5) is 4.96. The van der Waals surface area contributed by atoms with Crippen LogP contribution in [-0.2, 0) is 6.42 Å². The Morgan fingerprint density at radius 3 is 2.71 bits per heavy atom. The molecular formula is C18H15FN2S3. The first-order chi connectivity index (χ1) is 11.7. The van der Waals surface area contributed by atoms with Crippen molar-refractivity contribution in [2.45, 2.75) is 12.5 Å². The Balaban J connectivity index is 1.63. The van der Waals surface area contributed by atoms with E-state index in [4.69, 9.17) is 12.2 Å². The van der Waals surface area contributed by atoms with Crippen molar-refractivity contribution in [2.24, 2.45) is 0 Å². The normalized spacial score (nSPS) is 16.7. The number of anilines is 1. The van der Waals surface area contributed by atoms with Gasteiger partial charge in [0.2, 0.25) is 0 Å². The highest BCUT2D eigenvalue weighted by molar-refractivity contribution is 7.80. The molecule has 2 aromatic heterocycles. The number of thiophene rings is 2. The SMILES string of the molecule is Fc1ccc(NC(=S)N2CCc3sccc3[C@H]2c2cccs2)cc1. The number of fused-ring (bicyclic) bond motifs is 1. The van der Waals surface area contributed by atoms with Gasteiger partial charge in [0, 0.05) is 22.0 Å². The summed E-state index contributed by atoms with van der Waals surface area (Å²) in [5.41, 5.74) is 2.15. The molecular weight excluding hydrogens is 359 g/mol. The van der Waals surface area contributed by atoms with Crippen LogP contribution in [0.15, 0.2) is 53.2 Å². The fourth-order valence-corrected chi connectivity index (χ4v) is 5.09. The number of nitrogens with one attached hydrogen (secondary N) is 1. The van der Waals surface area contributed by atoms with Crippen LogP contribution in [0.1, 0.15) is 21.4 Å². The molecule has 0 saturated carbocycles. The molecule has 24 heavy (non-hydrogen) atoms. The van der Waals surface area contributed by atoms with E-state index in [2.05, 4.69) is 39.2 Å². The Morgan fingerprint density at radius 1 is 1.12 bits per heavy atom. The van der Waals surface area contributed by atoms with Gasteiger partial charge in [-0.1, -0.05) is 6.07 Å². The smallest absolute Gasteiger partial charge is 0.174 e. The van der Waals surface area contributed by atoms with Crippen molar-refractivity contribution in [3.05, 3.63) is 74.4 Å². The zero-order chi connectivity index (χ0) is 16.5. The molecule has 0 aliphatic carbocycles. The average Bonchev–Trinajstić information content (AvgIpc) is 3.27. The molecule has 0 amide bonds. The summed E-state index contributed by atoms with van der Waals surface area (Å²) < 4.78 is 13.1. The molecule has 1 aliphatic heterocycles. The van der Waals surface area contributed by atoms with Crippen molar-refractivity contribution in [3.8, 4) is 0 Å². The second-order valence-electron chi connectivity index (χ2n) is 5.60. The summed E-state index contributed by atoms with van der Waals surface area (Å²) in [5, 5.41) is 8.19. The number of nitrogens with zero attached hydrogens (tertiary/aromatic N) is 1. The quantitative estimate of drug-likeness (QED) is 0.613. The van der Waals surface area contributed by atoms with Crippen molar-refractivity contribution in [1.29, 1.82) is 0 Å². The Bertz CT molecular complexity index is 840. The third-order valence-corrected chi connectivity index (χ3v) is 6.39. The lowest BCUT2D eigenvalue weighted by Gasteiger charge is -2.37. The highest BCUT2D eigenvalue weighted by atomic mass is 32.1. The maximum atomic E-state index is 13.1. The van der Waals surface area contributed by atoms with Gasteiger partial charge in [-0.15, -0.1) is 22.7 Å². The minimum Gasteiger partial charge on any atom is -0.337 e. The van der Waals surface area contributed by atoms with Gasteiger partial charge in [0.25, 0.3) is 0 Å². The predicted molar refractivity (Wildman–Crippen MR) is 104 cm³/mol. The van der Waals surface area contributed by atoms with Crippen LogP contribution in [0, 0.1) is 5.82 Å². The van der Waals surface area contributed by atoms with Gasteiger partial charge < -0.3 is 10.2 Å². The van der Waals surface area contributed by atoms with Gasteiger partial charge in [0.1, 0.15) is 5.82 Å². The molecule has 0 bridgehead atoms. The second-order valence-corrected chi connectivity index (χ2v) is 7.96. The van der Waals surface area contributed by atoms with Crippen molar-refractivity contribution in [2.75, 3.05) is 11.9 Å². The van der Waals surface area contributed by atoms with Gasteiger partial charge in [0.15, 0.2) is 5.11 Å². The van der Waals surface area contributed by atoms with E-state index >= 15 is 0 Å². The largest absolute Gasteiger partial charge is 0.337 e. The first-order valence-corrected chi connectivity index (χ1v) is 9.82. The number of hydrogen-bond acceptors (Lipinski definition) is 3. The Hall–Kier alpha value is -1.76. The van der Waals surface area contributed by atoms with Crippen LogP contribution >= 0.6 is 34.9 Å². The third-order valence-electron chi connectivity index (χ3n) is 4.13. The molecule has 0 unspecified atom stereocenters. The van der Waals surface area contributed by atoms with Gasteiger partial charge in [0.05, 0.1) is 6.04 Å².